The molecule has 0 saturated heterocycles. The highest BCUT2D eigenvalue weighted by atomic mass is 16.5. The lowest BCUT2D eigenvalue weighted by atomic mass is 10.1. The Morgan fingerprint density at radius 2 is 1.33 bits per heavy atom. The number of rotatable bonds is 8. The van der Waals surface area contributed by atoms with E-state index in [-0.39, 0.29) is 11.9 Å². The number of primary amides is 1. The van der Waals surface area contributed by atoms with Crippen LogP contribution in [0.5, 0.6) is 17.2 Å². The molecule has 0 spiro atoms. The van der Waals surface area contributed by atoms with Crippen molar-refractivity contribution in [2.45, 2.75) is 19.9 Å². The fourth-order valence-corrected chi connectivity index (χ4v) is 2.88. The SMILES string of the molecule is CCOc1ccc(C(C)NC(=O)c2ccc(Oc3ccc(C(N)=O)cc3)cc2)cc1. The number of amides is 2. The molecule has 6 heteroatoms. The van der Waals surface area contributed by atoms with Gasteiger partial charge in [0.15, 0.2) is 0 Å². The quantitative estimate of drug-likeness (QED) is 0.580. The van der Waals surface area contributed by atoms with E-state index in [9.17, 15) is 9.59 Å². The van der Waals surface area contributed by atoms with Gasteiger partial charge in [-0.25, -0.2) is 0 Å². The first kappa shape index (κ1) is 20.9. The van der Waals surface area contributed by atoms with Crippen molar-refractivity contribution < 1.29 is 19.1 Å². The third kappa shape index (κ3) is 5.38. The molecule has 3 N–H and O–H groups in total. The molecule has 0 radical (unpaired) electrons. The summed E-state index contributed by atoms with van der Waals surface area (Å²) in [7, 11) is 0. The Balaban J connectivity index is 1.59. The summed E-state index contributed by atoms with van der Waals surface area (Å²) in [5, 5.41) is 2.99. The van der Waals surface area contributed by atoms with E-state index in [1.165, 1.54) is 0 Å². The van der Waals surface area contributed by atoms with Gasteiger partial charge in [-0.05, 0) is 80.1 Å². The number of nitrogens with two attached hydrogens (primary N) is 1. The van der Waals surface area contributed by atoms with Crippen molar-refractivity contribution in [2.75, 3.05) is 6.61 Å². The van der Waals surface area contributed by atoms with Gasteiger partial charge in [0, 0.05) is 11.1 Å². The second-order valence-corrected chi connectivity index (χ2v) is 6.71. The standard InChI is InChI=1S/C24H24N2O4/c1-3-29-20-10-4-17(5-11-20)16(2)26-24(28)19-8-14-22(15-9-19)30-21-12-6-18(7-13-21)23(25)27/h4-16H,3H2,1-2H3,(H2,25,27)(H,26,28). The number of hydrogen-bond donors (Lipinski definition) is 2. The lowest BCUT2D eigenvalue weighted by molar-refractivity contribution is 0.0938. The van der Waals surface area contributed by atoms with Crippen LogP contribution in [0.2, 0.25) is 0 Å². The Kier molecular flexibility index (Phi) is 6.70. The minimum absolute atomic E-state index is 0.145. The molecule has 0 aliphatic rings. The van der Waals surface area contributed by atoms with E-state index in [2.05, 4.69) is 5.32 Å². The van der Waals surface area contributed by atoms with Gasteiger partial charge in [0.2, 0.25) is 5.91 Å². The highest BCUT2D eigenvalue weighted by Gasteiger charge is 2.12. The van der Waals surface area contributed by atoms with E-state index >= 15 is 0 Å². The van der Waals surface area contributed by atoms with Gasteiger partial charge in [-0.2, -0.15) is 0 Å². The predicted molar refractivity (Wildman–Crippen MR) is 115 cm³/mol. The van der Waals surface area contributed by atoms with E-state index in [0.29, 0.717) is 29.2 Å². The topological polar surface area (TPSA) is 90.7 Å². The van der Waals surface area contributed by atoms with Crippen LogP contribution in [0, 0.1) is 0 Å². The summed E-state index contributed by atoms with van der Waals surface area (Å²) in [6.45, 7) is 4.48. The number of carbonyl (C=O) groups excluding carboxylic acids is 2. The van der Waals surface area contributed by atoms with Gasteiger partial charge in [-0.1, -0.05) is 12.1 Å². The summed E-state index contributed by atoms with van der Waals surface area (Å²) >= 11 is 0. The summed E-state index contributed by atoms with van der Waals surface area (Å²) in [5.41, 5.74) is 7.16. The highest BCUT2D eigenvalue weighted by molar-refractivity contribution is 5.94. The van der Waals surface area contributed by atoms with E-state index < -0.39 is 5.91 Å². The van der Waals surface area contributed by atoms with Crippen LogP contribution in [0.15, 0.2) is 72.8 Å². The van der Waals surface area contributed by atoms with Crippen molar-refractivity contribution in [3.8, 4) is 17.2 Å². The van der Waals surface area contributed by atoms with Crippen LogP contribution in [0.1, 0.15) is 46.2 Å². The molecule has 0 aliphatic carbocycles. The third-order valence-corrected chi connectivity index (χ3v) is 4.53. The van der Waals surface area contributed by atoms with Gasteiger partial charge in [0.25, 0.3) is 5.91 Å². The second-order valence-electron chi connectivity index (χ2n) is 6.71. The first-order chi connectivity index (χ1) is 14.5. The zero-order valence-electron chi connectivity index (χ0n) is 16.9. The molecule has 30 heavy (non-hydrogen) atoms. The minimum atomic E-state index is -0.489. The first-order valence-corrected chi connectivity index (χ1v) is 9.67. The maximum Gasteiger partial charge on any atom is 0.251 e. The van der Waals surface area contributed by atoms with Crippen LogP contribution in [-0.4, -0.2) is 18.4 Å². The lowest BCUT2D eigenvalue weighted by Crippen LogP contribution is -2.26. The van der Waals surface area contributed by atoms with Crippen LogP contribution in [-0.2, 0) is 0 Å². The van der Waals surface area contributed by atoms with Crippen LogP contribution in [0.4, 0.5) is 0 Å². The van der Waals surface area contributed by atoms with Crippen LogP contribution < -0.4 is 20.5 Å². The number of nitrogens with one attached hydrogen (secondary N) is 1. The fourth-order valence-electron chi connectivity index (χ4n) is 2.88. The second kappa shape index (κ2) is 9.60. The van der Waals surface area contributed by atoms with Crippen LogP contribution >= 0.6 is 0 Å². The molecular formula is C24H24N2O4. The number of ether oxygens (including phenoxy) is 2. The predicted octanol–water partition coefficient (Wildman–Crippen LogP) is 4.47. The summed E-state index contributed by atoms with van der Waals surface area (Å²) in [4.78, 5) is 23.7. The molecule has 0 saturated carbocycles. The lowest BCUT2D eigenvalue weighted by Gasteiger charge is -2.15. The molecule has 6 nitrogen and oxygen atoms in total. The Morgan fingerprint density at radius 1 is 0.833 bits per heavy atom. The van der Waals surface area contributed by atoms with E-state index in [4.69, 9.17) is 15.2 Å². The Labute approximate surface area is 175 Å². The van der Waals surface area contributed by atoms with E-state index in [1.54, 1.807) is 48.5 Å². The number of benzene rings is 3. The minimum Gasteiger partial charge on any atom is -0.494 e. The molecule has 154 valence electrons. The Hall–Kier alpha value is -3.80. The van der Waals surface area contributed by atoms with Gasteiger partial charge < -0.3 is 20.5 Å². The summed E-state index contributed by atoms with van der Waals surface area (Å²) in [6, 6.07) is 20.9. The molecule has 3 aromatic rings. The fraction of sp³-hybridized carbons (Fsp3) is 0.167. The van der Waals surface area contributed by atoms with Crippen molar-refractivity contribution in [3.63, 3.8) is 0 Å². The summed E-state index contributed by atoms with van der Waals surface area (Å²) < 4.78 is 11.2. The van der Waals surface area contributed by atoms with Gasteiger partial charge in [-0.3, -0.25) is 9.59 Å². The molecule has 0 heterocycles. The molecule has 1 unspecified atom stereocenters. The normalized spacial score (nSPS) is 11.4. The summed E-state index contributed by atoms with van der Waals surface area (Å²) in [5.74, 6) is 1.30. The molecule has 0 bridgehead atoms. The number of hydrogen-bond acceptors (Lipinski definition) is 4. The molecular weight excluding hydrogens is 380 g/mol. The van der Waals surface area contributed by atoms with Crippen molar-refractivity contribution in [2.24, 2.45) is 5.73 Å². The molecule has 3 rings (SSSR count). The van der Waals surface area contributed by atoms with Crippen LogP contribution in [0.3, 0.4) is 0 Å². The van der Waals surface area contributed by atoms with E-state index in [1.807, 2.05) is 38.1 Å². The van der Waals surface area contributed by atoms with Crippen molar-refractivity contribution in [1.82, 2.24) is 5.32 Å². The van der Waals surface area contributed by atoms with Crippen molar-refractivity contribution in [1.29, 1.82) is 0 Å². The average molecular weight is 404 g/mol. The Bertz CT molecular complexity index is 997. The average Bonchev–Trinajstić information content (AvgIpc) is 2.75. The third-order valence-electron chi connectivity index (χ3n) is 4.53. The first-order valence-electron chi connectivity index (χ1n) is 9.67. The Morgan fingerprint density at radius 3 is 1.83 bits per heavy atom. The van der Waals surface area contributed by atoms with Crippen molar-refractivity contribution in [3.05, 3.63) is 89.5 Å². The maximum absolute atomic E-state index is 12.5. The van der Waals surface area contributed by atoms with Gasteiger partial charge >= 0.3 is 0 Å². The maximum atomic E-state index is 12.5. The smallest absolute Gasteiger partial charge is 0.251 e. The highest BCUT2D eigenvalue weighted by Crippen LogP contribution is 2.23. The molecule has 1 atom stereocenters. The molecule has 0 fully saturated rings. The zero-order chi connectivity index (χ0) is 21.5. The molecule has 0 aliphatic heterocycles. The number of carbonyl (C=O) groups is 2. The van der Waals surface area contributed by atoms with Gasteiger partial charge in [0.1, 0.15) is 17.2 Å². The zero-order valence-corrected chi connectivity index (χ0v) is 16.9. The summed E-state index contributed by atoms with van der Waals surface area (Å²) in [6.07, 6.45) is 0. The van der Waals surface area contributed by atoms with Gasteiger partial charge in [0.05, 0.1) is 12.6 Å². The monoisotopic (exact) mass is 404 g/mol. The van der Waals surface area contributed by atoms with Gasteiger partial charge in [-0.15, -0.1) is 0 Å². The van der Waals surface area contributed by atoms with Crippen LogP contribution in [0.25, 0.3) is 0 Å². The van der Waals surface area contributed by atoms with Crippen molar-refractivity contribution >= 4 is 11.8 Å². The molecule has 3 aromatic carbocycles. The largest absolute Gasteiger partial charge is 0.494 e. The molecule has 0 aromatic heterocycles. The van der Waals surface area contributed by atoms with E-state index in [0.717, 1.165) is 11.3 Å². The molecule has 2 amide bonds.